The van der Waals surface area contributed by atoms with E-state index in [-0.39, 0.29) is 6.04 Å². The van der Waals surface area contributed by atoms with Crippen LogP contribution in [0.3, 0.4) is 0 Å². The molecule has 1 heterocycles. The third kappa shape index (κ3) is 2.44. The summed E-state index contributed by atoms with van der Waals surface area (Å²) in [5.41, 5.74) is 7.31. The molecule has 0 radical (unpaired) electrons. The zero-order chi connectivity index (χ0) is 15.0. The number of aromatic nitrogens is 1. The van der Waals surface area contributed by atoms with Crippen molar-refractivity contribution in [2.24, 2.45) is 5.73 Å². The Bertz CT molecular complexity index is 707. The number of nitrogens with two attached hydrogens (primary N) is 1. The summed E-state index contributed by atoms with van der Waals surface area (Å²) in [4.78, 5) is 22.1. The summed E-state index contributed by atoms with van der Waals surface area (Å²) in [7, 11) is 0. The fourth-order valence-electron chi connectivity index (χ4n) is 3.31. The molecule has 2 aromatic rings. The Morgan fingerprint density at radius 1 is 1.29 bits per heavy atom. The highest BCUT2D eigenvalue weighted by molar-refractivity contribution is 5.93. The summed E-state index contributed by atoms with van der Waals surface area (Å²) in [6, 6.07) is 7.22. The van der Waals surface area contributed by atoms with Gasteiger partial charge in [-0.2, -0.15) is 0 Å². The van der Waals surface area contributed by atoms with Crippen LogP contribution in [0.25, 0.3) is 10.9 Å². The number of hydrogen-bond donors (Lipinski definition) is 3. The Balaban J connectivity index is 1.91. The first-order valence-corrected chi connectivity index (χ1v) is 6.95. The van der Waals surface area contributed by atoms with E-state index in [2.05, 4.69) is 5.32 Å². The zero-order valence-electron chi connectivity index (χ0n) is 11.5. The van der Waals surface area contributed by atoms with E-state index < -0.39 is 12.1 Å². The molecule has 6 nitrogen and oxygen atoms in total. The molecule has 1 aliphatic carbocycles. The summed E-state index contributed by atoms with van der Waals surface area (Å²) in [5, 5.41) is 12.4. The SMILES string of the molecule is NC(=O)n1ccc2c(C3CCC(NC(=O)O)C3)cccc21. The van der Waals surface area contributed by atoms with Crippen molar-refractivity contribution in [2.45, 2.75) is 31.2 Å². The average molecular weight is 287 g/mol. The van der Waals surface area contributed by atoms with Gasteiger partial charge in [-0.15, -0.1) is 0 Å². The first kappa shape index (κ1) is 13.5. The first-order valence-electron chi connectivity index (χ1n) is 6.95. The van der Waals surface area contributed by atoms with E-state index in [0.29, 0.717) is 5.92 Å². The smallest absolute Gasteiger partial charge is 0.404 e. The third-order valence-corrected chi connectivity index (χ3v) is 4.20. The van der Waals surface area contributed by atoms with Crippen LogP contribution in [-0.2, 0) is 0 Å². The number of amides is 2. The van der Waals surface area contributed by atoms with Crippen LogP contribution in [0.15, 0.2) is 30.5 Å². The molecule has 0 spiro atoms. The van der Waals surface area contributed by atoms with Gasteiger partial charge in [0.2, 0.25) is 0 Å². The Kier molecular flexibility index (Phi) is 3.29. The van der Waals surface area contributed by atoms with Crippen molar-refractivity contribution < 1.29 is 14.7 Å². The fourth-order valence-corrected chi connectivity index (χ4v) is 3.31. The molecule has 2 atom stereocenters. The molecule has 0 bridgehead atoms. The van der Waals surface area contributed by atoms with Crippen LogP contribution in [0.2, 0.25) is 0 Å². The molecule has 1 aromatic heterocycles. The maximum absolute atomic E-state index is 11.4. The second-order valence-corrected chi connectivity index (χ2v) is 5.46. The minimum Gasteiger partial charge on any atom is -0.465 e. The Morgan fingerprint density at radius 3 is 2.81 bits per heavy atom. The standard InChI is InChI=1S/C15H17N3O3/c16-14(19)18-7-6-12-11(2-1-3-13(12)18)9-4-5-10(8-9)17-15(20)21/h1-3,6-7,9-10,17H,4-5,8H2,(H2,16,19)(H,20,21). The van der Waals surface area contributed by atoms with Gasteiger partial charge >= 0.3 is 12.1 Å². The van der Waals surface area contributed by atoms with Crippen molar-refractivity contribution in [3.05, 3.63) is 36.0 Å². The van der Waals surface area contributed by atoms with E-state index in [1.165, 1.54) is 4.57 Å². The largest absolute Gasteiger partial charge is 0.465 e. The molecule has 21 heavy (non-hydrogen) atoms. The van der Waals surface area contributed by atoms with Gasteiger partial charge < -0.3 is 16.2 Å². The molecule has 2 amide bonds. The zero-order valence-corrected chi connectivity index (χ0v) is 11.5. The van der Waals surface area contributed by atoms with E-state index in [1.54, 1.807) is 6.20 Å². The van der Waals surface area contributed by atoms with Crippen LogP contribution >= 0.6 is 0 Å². The molecule has 6 heteroatoms. The second kappa shape index (κ2) is 5.12. The number of carbonyl (C=O) groups is 2. The number of rotatable bonds is 2. The molecule has 4 N–H and O–H groups in total. The molecule has 110 valence electrons. The number of hydrogen-bond acceptors (Lipinski definition) is 2. The van der Waals surface area contributed by atoms with Crippen LogP contribution in [0.4, 0.5) is 9.59 Å². The summed E-state index contributed by atoms with van der Waals surface area (Å²) in [6.45, 7) is 0. The monoisotopic (exact) mass is 287 g/mol. The van der Waals surface area contributed by atoms with Crippen molar-refractivity contribution in [1.29, 1.82) is 0 Å². The van der Waals surface area contributed by atoms with E-state index in [0.717, 1.165) is 35.7 Å². The van der Waals surface area contributed by atoms with Gasteiger partial charge in [-0.1, -0.05) is 12.1 Å². The number of carbonyl (C=O) groups excluding carboxylic acids is 1. The van der Waals surface area contributed by atoms with Gasteiger partial charge in [-0.25, -0.2) is 9.59 Å². The summed E-state index contributed by atoms with van der Waals surface area (Å²) >= 11 is 0. The normalized spacial score (nSPS) is 21.5. The topological polar surface area (TPSA) is 97.4 Å². The quantitative estimate of drug-likeness (QED) is 0.791. The number of nitrogens with zero attached hydrogens (tertiary/aromatic N) is 1. The second-order valence-electron chi connectivity index (χ2n) is 5.46. The lowest BCUT2D eigenvalue weighted by Crippen LogP contribution is -2.31. The van der Waals surface area contributed by atoms with E-state index >= 15 is 0 Å². The number of primary amides is 1. The molecule has 1 aliphatic rings. The molecule has 1 aromatic carbocycles. The van der Waals surface area contributed by atoms with E-state index in [4.69, 9.17) is 10.8 Å². The molecule has 0 aliphatic heterocycles. The lowest BCUT2D eigenvalue weighted by Gasteiger charge is -2.13. The predicted molar refractivity (Wildman–Crippen MR) is 78.5 cm³/mol. The van der Waals surface area contributed by atoms with Gasteiger partial charge in [0, 0.05) is 17.6 Å². The highest BCUT2D eigenvalue weighted by Crippen LogP contribution is 2.38. The number of nitrogens with one attached hydrogen (secondary N) is 1. The maximum Gasteiger partial charge on any atom is 0.404 e. The Labute approximate surface area is 121 Å². The lowest BCUT2D eigenvalue weighted by atomic mass is 9.94. The minimum atomic E-state index is -0.973. The minimum absolute atomic E-state index is 0.000909. The predicted octanol–water partition coefficient (Wildman–Crippen LogP) is 2.47. The van der Waals surface area contributed by atoms with Gasteiger partial charge in [0.25, 0.3) is 0 Å². The lowest BCUT2D eigenvalue weighted by molar-refractivity contribution is 0.190. The number of carboxylic acid groups (broad SMARTS) is 1. The van der Waals surface area contributed by atoms with Crippen molar-refractivity contribution in [3.63, 3.8) is 0 Å². The maximum atomic E-state index is 11.4. The summed E-state index contributed by atoms with van der Waals surface area (Å²) in [5.74, 6) is 0.300. The van der Waals surface area contributed by atoms with Gasteiger partial charge in [0.1, 0.15) is 0 Å². The summed E-state index contributed by atoms with van der Waals surface area (Å²) in [6.07, 6.45) is 3.26. The van der Waals surface area contributed by atoms with E-state index in [9.17, 15) is 9.59 Å². The van der Waals surface area contributed by atoms with Gasteiger partial charge in [-0.05, 0) is 42.9 Å². The molecule has 3 rings (SSSR count). The van der Waals surface area contributed by atoms with Crippen molar-refractivity contribution in [2.75, 3.05) is 0 Å². The van der Waals surface area contributed by atoms with Gasteiger partial charge in [0.15, 0.2) is 0 Å². The van der Waals surface area contributed by atoms with Crippen LogP contribution in [0.1, 0.15) is 30.7 Å². The number of fused-ring (bicyclic) bond motifs is 1. The molecule has 2 unspecified atom stereocenters. The number of benzene rings is 1. The molecule has 1 saturated carbocycles. The van der Waals surface area contributed by atoms with Crippen molar-refractivity contribution >= 4 is 23.0 Å². The van der Waals surface area contributed by atoms with Crippen LogP contribution in [0.5, 0.6) is 0 Å². The van der Waals surface area contributed by atoms with Crippen molar-refractivity contribution in [1.82, 2.24) is 9.88 Å². The third-order valence-electron chi connectivity index (χ3n) is 4.20. The molecular weight excluding hydrogens is 270 g/mol. The molecule has 1 fully saturated rings. The Hall–Kier alpha value is -2.50. The van der Waals surface area contributed by atoms with E-state index in [1.807, 2.05) is 24.3 Å². The van der Waals surface area contributed by atoms with Gasteiger partial charge in [0.05, 0.1) is 5.52 Å². The highest BCUT2D eigenvalue weighted by atomic mass is 16.4. The van der Waals surface area contributed by atoms with Crippen molar-refractivity contribution in [3.8, 4) is 0 Å². The van der Waals surface area contributed by atoms with Crippen LogP contribution in [0, 0.1) is 0 Å². The van der Waals surface area contributed by atoms with Crippen LogP contribution in [-0.4, -0.2) is 27.8 Å². The molecule has 0 saturated heterocycles. The highest BCUT2D eigenvalue weighted by Gasteiger charge is 2.28. The fraction of sp³-hybridized carbons (Fsp3) is 0.333. The average Bonchev–Trinajstić information content (AvgIpc) is 3.03. The molecular formula is C15H17N3O3. The van der Waals surface area contributed by atoms with Crippen LogP contribution < -0.4 is 11.1 Å². The first-order chi connectivity index (χ1) is 10.1. The van der Waals surface area contributed by atoms with Gasteiger partial charge in [-0.3, -0.25) is 4.57 Å². The Morgan fingerprint density at radius 2 is 2.10 bits per heavy atom. The summed E-state index contributed by atoms with van der Waals surface area (Å²) < 4.78 is 1.43.